The van der Waals surface area contributed by atoms with Crippen molar-refractivity contribution in [2.24, 2.45) is 0 Å². The molecular weight excluding hydrogens is 262 g/mol. The van der Waals surface area contributed by atoms with Crippen molar-refractivity contribution in [2.45, 2.75) is 25.4 Å². The lowest BCUT2D eigenvalue weighted by Gasteiger charge is -2.05. The van der Waals surface area contributed by atoms with Crippen LogP contribution >= 0.6 is 15.9 Å². The summed E-state index contributed by atoms with van der Waals surface area (Å²) in [4.78, 5) is 24.6. The van der Waals surface area contributed by atoms with E-state index < -0.39 is 0 Å². The van der Waals surface area contributed by atoms with Gasteiger partial charge in [0.1, 0.15) is 0 Å². The second-order valence-electron chi connectivity index (χ2n) is 3.66. The lowest BCUT2D eigenvalue weighted by atomic mass is 10.5. The summed E-state index contributed by atoms with van der Waals surface area (Å²) in [6, 6.07) is 0.631. The predicted octanol–water partition coefficient (Wildman–Crippen LogP) is 0.0511. The van der Waals surface area contributed by atoms with Gasteiger partial charge in [-0.1, -0.05) is 0 Å². The molecule has 0 radical (unpaired) electrons. The zero-order chi connectivity index (χ0) is 10.8. The van der Waals surface area contributed by atoms with E-state index in [-0.39, 0.29) is 11.2 Å². The summed E-state index contributed by atoms with van der Waals surface area (Å²) in [6.45, 7) is 1.33. The molecule has 2 N–H and O–H groups in total. The Morgan fingerprint density at radius 3 is 2.93 bits per heavy atom. The molecule has 15 heavy (non-hydrogen) atoms. The minimum Gasteiger partial charge on any atom is -0.312 e. The number of aromatic nitrogens is 2. The van der Waals surface area contributed by atoms with Crippen LogP contribution in [-0.2, 0) is 6.54 Å². The Hall–Kier alpha value is -0.880. The summed E-state index contributed by atoms with van der Waals surface area (Å²) in [6.07, 6.45) is 3.98. The van der Waals surface area contributed by atoms with Crippen LogP contribution in [0.15, 0.2) is 20.3 Å². The number of hydrogen-bond donors (Lipinski definition) is 2. The summed E-state index contributed by atoms with van der Waals surface area (Å²) in [5, 5.41) is 3.30. The summed E-state index contributed by atoms with van der Waals surface area (Å²) in [5.74, 6) is 0. The van der Waals surface area contributed by atoms with Crippen LogP contribution < -0.4 is 16.6 Å². The molecule has 1 aliphatic rings. The van der Waals surface area contributed by atoms with Crippen molar-refractivity contribution in [1.29, 1.82) is 0 Å². The van der Waals surface area contributed by atoms with Crippen LogP contribution in [0.25, 0.3) is 0 Å². The largest absolute Gasteiger partial charge is 0.328 e. The highest BCUT2D eigenvalue weighted by atomic mass is 79.9. The van der Waals surface area contributed by atoms with Gasteiger partial charge in [0.25, 0.3) is 5.56 Å². The molecule has 0 spiro atoms. The van der Waals surface area contributed by atoms with Gasteiger partial charge in [-0.3, -0.25) is 14.3 Å². The molecule has 1 aliphatic carbocycles. The second-order valence-corrected chi connectivity index (χ2v) is 4.51. The predicted molar refractivity (Wildman–Crippen MR) is 60.0 cm³/mol. The number of nitrogens with zero attached hydrogens (tertiary/aromatic N) is 1. The van der Waals surface area contributed by atoms with Crippen molar-refractivity contribution >= 4 is 15.9 Å². The molecular formula is C9H12BrN3O2. The minimum atomic E-state index is -0.383. The Labute approximate surface area is 94.6 Å². The topological polar surface area (TPSA) is 66.9 Å². The van der Waals surface area contributed by atoms with Crippen LogP contribution in [0.4, 0.5) is 0 Å². The van der Waals surface area contributed by atoms with E-state index in [0.717, 1.165) is 6.54 Å². The maximum Gasteiger partial charge on any atom is 0.328 e. The van der Waals surface area contributed by atoms with Gasteiger partial charge in [-0.2, -0.15) is 0 Å². The van der Waals surface area contributed by atoms with Crippen molar-refractivity contribution < 1.29 is 0 Å². The lowest BCUT2D eigenvalue weighted by Crippen LogP contribution is -2.33. The molecule has 0 aliphatic heterocycles. The quantitative estimate of drug-likeness (QED) is 0.815. The van der Waals surface area contributed by atoms with Gasteiger partial charge >= 0.3 is 5.69 Å². The molecule has 0 amide bonds. The first-order chi connectivity index (χ1) is 7.16. The van der Waals surface area contributed by atoms with Crippen LogP contribution in [0.5, 0.6) is 0 Å². The molecule has 82 valence electrons. The van der Waals surface area contributed by atoms with Gasteiger partial charge < -0.3 is 5.32 Å². The molecule has 1 heterocycles. The number of hydrogen-bond acceptors (Lipinski definition) is 3. The van der Waals surface area contributed by atoms with Gasteiger partial charge in [0.05, 0.1) is 4.47 Å². The molecule has 0 atom stereocenters. The van der Waals surface area contributed by atoms with Crippen molar-refractivity contribution in [3.8, 4) is 0 Å². The Kier molecular flexibility index (Phi) is 3.06. The smallest absolute Gasteiger partial charge is 0.312 e. The summed E-state index contributed by atoms with van der Waals surface area (Å²) in [7, 11) is 0. The van der Waals surface area contributed by atoms with Gasteiger partial charge in [0, 0.05) is 25.3 Å². The fourth-order valence-electron chi connectivity index (χ4n) is 1.33. The number of aromatic amines is 1. The average molecular weight is 274 g/mol. The molecule has 5 nitrogen and oxygen atoms in total. The summed E-state index contributed by atoms with van der Waals surface area (Å²) >= 11 is 3.09. The van der Waals surface area contributed by atoms with Crippen molar-refractivity contribution in [3.05, 3.63) is 31.5 Å². The van der Waals surface area contributed by atoms with E-state index in [4.69, 9.17) is 0 Å². The van der Waals surface area contributed by atoms with Gasteiger partial charge in [-0.15, -0.1) is 0 Å². The maximum atomic E-state index is 11.3. The van der Waals surface area contributed by atoms with Crippen LogP contribution in [0, 0.1) is 0 Å². The summed E-state index contributed by atoms with van der Waals surface area (Å²) < 4.78 is 1.87. The van der Waals surface area contributed by atoms with Crippen LogP contribution in [0.3, 0.4) is 0 Å². The highest BCUT2D eigenvalue weighted by Gasteiger charge is 2.19. The highest BCUT2D eigenvalue weighted by molar-refractivity contribution is 9.10. The average Bonchev–Trinajstić information content (AvgIpc) is 2.97. The van der Waals surface area contributed by atoms with E-state index >= 15 is 0 Å². The lowest BCUT2D eigenvalue weighted by molar-refractivity contribution is 0.570. The molecule has 1 aromatic rings. The molecule has 6 heteroatoms. The van der Waals surface area contributed by atoms with E-state index in [2.05, 4.69) is 26.2 Å². The van der Waals surface area contributed by atoms with E-state index in [9.17, 15) is 9.59 Å². The summed E-state index contributed by atoms with van der Waals surface area (Å²) in [5.41, 5.74) is -0.743. The number of halogens is 1. The molecule has 1 saturated carbocycles. The maximum absolute atomic E-state index is 11.3. The Morgan fingerprint density at radius 2 is 2.27 bits per heavy atom. The van der Waals surface area contributed by atoms with Gasteiger partial charge in [0.15, 0.2) is 0 Å². The zero-order valence-corrected chi connectivity index (χ0v) is 9.71. The third-order valence-corrected chi connectivity index (χ3v) is 2.90. The van der Waals surface area contributed by atoms with Crippen molar-refractivity contribution in [2.75, 3.05) is 6.54 Å². The fourth-order valence-corrected chi connectivity index (χ4v) is 1.67. The third-order valence-electron chi connectivity index (χ3n) is 2.33. The molecule has 2 rings (SSSR count). The van der Waals surface area contributed by atoms with E-state index in [0.29, 0.717) is 17.1 Å². The van der Waals surface area contributed by atoms with Gasteiger partial charge in [0.2, 0.25) is 0 Å². The normalized spacial score (nSPS) is 15.5. The Bertz CT molecular complexity index is 461. The van der Waals surface area contributed by atoms with E-state index in [1.165, 1.54) is 23.6 Å². The SMILES string of the molecule is O=c1[nH]c(=O)n(CCNC2CC2)cc1Br. The monoisotopic (exact) mass is 273 g/mol. The van der Waals surface area contributed by atoms with Crippen molar-refractivity contribution in [3.63, 3.8) is 0 Å². The third kappa shape index (κ3) is 2.79. The molecule has 0 bridgehead atoms. The number of nitrogens with one attached hydrogen (secondary N) is 2. The molecule has 0 aromatic carbocycles. The highest BCUT2D eigenvalue weighted by Crippen LogP contribution is 2.17. The van der Waals surface area contributed by atoms with E-state index in [1.54, 1.807) is 0 Å². The minimum absolute atomic E-state index is 0.360. The van der Waals surface area contributed by atoms with Crippen LogP contribution in [0.1, 0.15) is 12.8 Å². The number of H-pyrrole nitrogens is 1. The fraction of sp³-hybridized carbons (Fsp3) is 0.556. The van der Waals surface area contributed by atoms with Crippen molar-refractivity contribution in [1.82, 2.24) is 14.9 Å². The first kappa shape index (κ1) is 10.6. The molecule has 1 aromatic heterocycles. The zero-order valence-electron chi connectivity index (χ0n) is 8.12. The van der Waals surface area contributed by atoms with Gasteiger partial charge in [-0.05, 0) is 28.8 Å². The van der Waals surface area contributed by atoms with Gasteiger partial charge in [-0.25, -0.2) is 4.79 Å². The van der Waals surface area contributed by atoms with Crippen LogP contribution in [0.2, 0.25) is 0 Å². The number of rotatable bonds is 4. The second kappa shape index (κ2) is 4.32. The molecule has 0 saturated heterocycles. The molecule has 0 unspecified atom stereocenters. The first-order valence-electron chi connectivity index (χ1n) is 4.89. The Morgan fingerprint density at radius 1 is 1.53 bits per heavy atom. The first-order valence-corrected chi connectivity index (χ1v) is 5.69. The standard InChI is InChI=1S/C9H12BrN3O2/c10-7-5-13(9(15)12-8(7)14)4-3-11-6-1-2-6/h5-6,11H,1-4H2,(H,12,14,15). The Balaban J connectivity index is 2.03. The van der Waals surface area contributed by atoms with E-state index in [1.807, 2.05) is 0 Å². The molecule has 1 fully saturated rings. The van der Waals surface area contributed by atoms with Crippen LogP contribution in [-0.4, -0.2) is 22.1 Å².